The zero-order chi connectivity index (χ0) is 14.7. The molecule has 3 rings (SSSR count). The highest BCUT2D eigenvalue weighted by atomic mass is 79.9. The Kier molecular flexibility index (Phi) is 4.84. The summed E-state index contributed by atoms with van der Waals surface area (Å²) in [5.41, 5.74) is 1.95. The third kappa shape index (κ3) is 4.00. The van der Waals surface area contributed by atoms with Crippen molar-refractivity contribution in [3.05, 3.63) is 48.7 Å². The number of carbonyl (C=O) groups is 1. The number of rotatable bonds is 5. The molecule has 0 atom stereocenters. The van der Waals surface area contributed by atoms with E-state index in [0.29, 0.717) is 13.0 Å². The number of thiophene rings is 2. The van der Waals surface area contributed by atoms with Gasteiger partial charge in [0.2, 0.25) is 5.91 Å². The number of nitrogens with zero attached hydrogens (tertiary/aromatic N) is 1. The number of aromatic nitrogens is 1. The summed E-state index contributed by atoms with van der Waals surface area (Å²) >= 11 is 8.26. The SMILES string of the molecule is O=C(Cc1csc(-c2ccsc2)n1)NCc1cc(Br)cs1. The standard InChI is InChI=1S/C14H11BrN2OS3/c15-10-3-12(20-7-10)5-16-13(18)4-11-8-21-14(17-11)9-1-2-19-6-9/h1-3,6-8H,4-5H2,(H,16,18). The van der Waals surface area contributed by atoms with E-state index in [1.807, 2.05) is 28.3 Å². The van der Waals surface area contributed by atoms with Gasteiger partial charge in [-0.3, -0.25) is 4.79 Å². The molecule has 0 unspecified atom stereocenters. The first-order chi connectivity index (χ1) is 10.2. The molecule has 0 fully saturated rings. The molecule has 0 aliphatic heterocycles. The van der Waals surface area contributed by atoms with Crippen LogP contribution in [0.1, 0.15) is 10.6 Å². The zero-order valence-electron chi connectivity index (χ0n) is 10.8. The summed E-state index contributed by atoms with van der Waals surface area (Å²) < 4.78 is 1.05. The highest BCUT2D eigenvalue weighted by Crippen LogP contribution is 2.25. The Morgan fingerprint density at radius 1 is 1.29 bits per heavy atom. The molecule has 0 aliphatic carbocycles. The van der Waals surface area contributed by atoms with Gasteiger partial charge in [0.05, 0.1) is 18.7 Å². The van der Waals surface area contributed by atoms with E-state index in [1.165, 1.54) is 0 Å². The van der Waals surface area contributed by atoms with Gasteiger partial charge in [-0.25, -0.2) is 4.98 Å². The molecule has 108 valence electrons. The molecule has 1 amide bonds. The van der Waals surface area contributed by atoms with Gasteiger partial charge >= 0.3 is 0 Å². The maximum Gasteiger partial charge on any atom is 0.226 e. The summed E-state index contributed by atoms with van der Waals surface area (Å²) in [7, 11) is 0. The first-order valence-electron chi connectivity index (χ1n) is 6.17. The fourth-order valence-electron chi connectivity index (χ4n) is 1.77. The van der Waals surface area contributed by atoms with E-state index < -0.39 is 0 Å². The lowest BCUT2D eigenvalue weighted by Gasteiger charge is -2.01. The predicted octanol–water partition coefficient (Wildman–Crippen LogP) is 4.55. The highest BCUT2D eigenvalue weighted by Gasteiger charge is 2.09. The van der Waals surface area contributed by atoms with E-state index >= 15 is 0 Å². The monoisotopic (exact) mass is 398 g/mol. The van der Waals surface area contributed by atoms with Crippen LogP contribution in [0.5, 0.6) is 0 Å². The van der Waals surface area contributed by atoms with Crippen LogP contribution in [0, 0.1) is 0 Å². The minimum absolute atomic E-state index is 0.00157. The van der Waals surface area contributed by atoms with Gasteiger partial charge in [0.25, 0.3) is 0 Å². The summed E-state index contributed by atoms with van der Waals surface area (Å²) in [5.74, 6) is 0.00157. The summed E-state index contributed by atoms with van der Waals surface area (Å²) in [4.78, 5) is 17.6. The second kappa shape index (κ2) is 6.83. The van der Waals surface area contributed by atoms with E-state index in [0.717, 1.165) is 25.6 Å². The molecule has 3 aromatic rings. The van der Waals surface area contributed by atoms with Crippen LogP contribution in [-0.2, 0) is 17.8 Å². The van der Waals surface area contributed by atoms with Gasteiger partial charge in [-0.05, 0) is 33.4 Å². The van der Waals surface area contributed by atoms with E-state index in [9.17, 15) is 4.79 Å². The van der Waals surface area contributed by atoms with Gasteiger partial charge in [-0.15, -0.1) is 22.7 Å². The molecule has 0 saturated heterocycles. The van der Waals surface area contributed by atoms with Crippen LogP contribution in [0.3, 0.4) is 0 Å². The molecule has 0 spiro atoms. The molecule has 0 bridgehead atoms. The Bertz CT molecular complexity index is 733. The van der Waals surface area contributed by atoms with Crippen LogP contribution in [0.4, 0.5) is 0 Å². The molecule has 3 aromatic heterocycles. The Morgan fingerprint density at radius 3 is 2.90 bits per heavy atom. The van der Waals surface area contributed by atoms with Gasteiger partial charge in [0.15, 0.2) is 0 Å². The van der Waals surface area contributed by atoms with E-state index in [2.05, 4.69) is 31.6 Å². The lowest BCUT2D eigenvalue weighted by molar-refractivity contribution is -0.120. The van der Waals surface area contributed by atoms with Crippen LogP contribution in [0.25, 0.3) is 10.6 Å². The third-order valence-corrected chi connectivity index (χ3v) is 6.06. The zero-order valence-corrected chi connectivity index (χ0v) is 14.9. The molecule has 3 heterocycles. The fraction of sp³-hybridized carbons (Fsp3) is 0.143. The van der Waals surface area contributed by atoms with Crippen LogP contribution in [0.15, 0.2) is 38.1 Å². The van der Waals surface area contributed by atoms with Crippen molar-refractivity contribution in [1.29, 1.82) is 0 Å². The Morgan fingerprint density at radius 2 is 2.19 bits per heavy atom. The van der Waals surface area contributed by atoms with Gasteiger partial charge in [0, 0.05) is 31.1 Å². The molecule has 0 aliphatic rings. The summed E-state index contributed by atoms with van der Waals surface area (Å²) in [6, 6.07) is 4.06. The average molecular weight is 399 g/mol. The molecule has 7 heteroatoms. The Balaban J connectivity index is 1.55. The van der Waals surface area contributed by atoms with Crippen molar-refractivity contribution in [1.82, 2.24) is 10.3 Å². The second-order valence-electron chi connectivity index (χ2n) is 4.34. The first-order valence-corrected chi connectivity index (χ1v) is 9.67. The predicted molar refractivity (Wildman–Crippen MR) is 93.0 cm³/mol. The summed E-state index contributed by atoms with van der Waals surface area (Å²) in [5, 5.41) is 12.0. The lowest BCUT2D eigenvalue weighted by atomic mass is 10.3. The van der Waals surface area contributed by atoms with Crippen LogP contribution >= 0.6 is 49.9 Å². The Hall–Kier alpha value is -1.02. The fourth-order valence-corrected chi connectivity index (χ4v) is 4.69. The van der Waals surface area contributed by atoms with Crippen molar-refractivity contribution in [3.63, 3.8) is 0 Å². The van der Waals surface area contributed by atoms with Gasteiger partial charge < -0.3 is 5.32 Å². The van der Waals surface area contributed by atoms with Crippen LogP contribution in [0.2, 0.25) is 0 Å². The average Bonchev–Trinajstić information content (AvgIpc) is 3.16. The van der Waals surface area contributed by atoms with E-state index in [1.54, 1.807) is 34.0 Å². The highest BCUT2D eigenvalue weighted by molar-refractivity contribution is 9.10. The number of hydrogen-bond donors (Lipinski definition) is 1. The van der Waals surface area contributed by atoms with Crippen molar-refractivity contribution >= 4 is 55.8 Å². The minimum atomic E-state index is 0.00157. The van der Waals surface area contributed by atoms with Crippen molar-refractivity contribution < 1.29 is 4.79 Å². The van der Waals surface area contributed by atoms with Gasteiger partial charge in [-0.1, -0.05) is 0 Å². The molecular formula is C14H11BrN2OS3. The van der Waals surface area contributed by atoms with Gasteiger partial charge in [-0.2, -0.15) is 11.3 Å². The largest absolute Gasteiger partial charge is 0.351 e. The number of nitrogens with one attached hydrogen (secondary N) is 1. The maximum atomic E-state index is 11.9. The van der Waals surface area contributed by atoms with Crippen molar-refractivity contribution in [2.75, 3.05) is 0 Å². The Labute approximate surface area is 142 Å². The topological polar surface area (TPSA) is 42.0 Å². The maximum absolute atomic E-state index is 11.9. The summed E-state index contributed by atoms with van der Waals surface area (Å²) in [6.45, 7) is 0.566. The minimum Gasteiger partial charge on any atom is -0.351 e. The molecule has 3 nitrogen and oxygen atoms in total. The van der Waals surface area contributed by atoms with Crippen LogP contribution in [-0.4, -0.2) is 10.9 Å². The molecule has 0 radical (unpaired) electrons. The number of carbonyl (C=O) groups excluding carboxylic acids is 1. The molecular weight excluding hydrogens is 388 g/mol. The number of amides is 1. The molecule has 0 aromatic carbocycles. The normalized spacial score (nSPS) is 10.7. The van der Waals surface area contributed by atoms with E-state index in [-0.39, 0.29) is 5.91 Å². The number of hydrogen-bond acceptors (Lipinski definition) is 5. The van der Waals surface area contributed by atoms with Crippen molar-refractivity contribution in [3.8, 4) is 10.6 Å². The first kappa shape index (κ1) is 14.9. The van der Waals surface area contributed by atoms with Crippen LogP contribution < -0.4 is 5.32 Å². The molecule has 1 N–H and O–H groups in total. The van der Waals surface area contributed by atoms with Crippen molar-refractivity contribution in [2.24, 2.45) is 0 Å². The molecule has 21 heavy (non-hydrogen) atoms. The second-order valence-corrected chi connectivity index (χ2v) is 7.89. The lowest BCUT2D eigenvalue weighted by Crippen LogP contribution is -2.24. The number of thiazole rings is 1. The number of halogens is 1. The summed E-state index contributed by atoms with van der Waals surface area (Å²) in [6.07, 6.45) is 0.327. The smallest absolute Gasteiger partial charge is 0.226 e. The quantitative estimate of drug-likeness (QED) is 0.684. The van der Waals surface area contributed by atoms with Gasteiger partial charge in [0.1, 0.15) is 5.01 Å². The van der Waals surface area contributed by atoms with Crippen molar-refractivity contribution in [2.45, 2.75) is 13.0 Å². The van der Waals surface area contributed by atoms with E-state index in [4.69, 9.17) is 0 Å². The third-order valence-electron chi connectivity index (χ3n) is 2.74. The molecule has 0 saturated carbocycles.